The van der Waals surface area contributed by atoms with Crippen LogP contribution < -0.4 is 5.32 Å². The summed E-state index contributed by atoms with van der Waals surface area (Å²) in [5.41, 5.74) is 3.48. The molecule has 5 nitrogen and oxygen atoms in total. The lowest BCUT2D eigenvalue weighted by Crippen LogP contribution is -2.43. The molecule has 1 aromatic carbocycles. The molecule has 1 fully saturated rings. The minimum Gasteiger partial charge on any atom is -0.379 e. The SMILES string of the molecule is Cc1[nH]ncc1[C@H](C)NC[C@@H](c1ccccc1Cl)N1CCOCC1. The van der Waals surface area contributed by atoms with Crippen molar-refractivity contribution in [2.45, 2.75) is 25.9 Å². The van der Waals surface area contributed by atoms with Crippen molar-refractivity contribution in [1.29, 1.82) is 0 Å². The molecule has 0 spiro atoms. The monoisotopic (exact) mass is 348 g/mol. The highest BCUT2D eigenvalue weighted by molar-refractivity contribution is 6.31. The first kappa shape index (κ1) is 17.4. The minimum absolute atomic E-state index is 0.231. The van der Waals surface area contributed by atoms with E-state index in [1.165, 1.54) is 11.1 Å². The Morgan fingerprint density at radius 1 is 1.29 bits per heavy atom. The second-order valence-corrected chi connectivity index (χ2v) is 6.67. The molecule has 1 aromatic heterocycles. The molecule has 1 aliphatic heterocycles. The van der Waals surface area contributed by atoms with E-state index < -0.39 is 0 Å². The van der Waals surface area contributed by atoms with E-state index in [4.69, 9.17) is 16.3 Å². The fraction of sp³-hybridized carbons (Fsp3) is 0.500. The Balaban J connectivity index is 1.75. The predicted octanol–water partition coefficient (Wildman–Crippen LogP) is 3.10. The van der Waals surface area contributed by atoms with Crippen molar-refractivity contribution >= 4 is 11.6 Å². The van der Waals surface area contributed by atoms with Gasteiger partial charge >= 0.3 is 0 Å². The highest BCUT2D eigenvalue weighted by Gasteiger charge is 2.25. The topological polar surface area (TPSA) is 53.2 Å². The molecule has 2 N–H and O–H groups in total. The van der Waals surface area contributed by atoms with Gasteiger partial charge in [-0.2, -0.15) is 5.10 Å². The summed E-state index contributed by atoms with van der Waals surface area (Å²) in [6.45, 7) is 8.45. The van der Waals surface area contributed by atoms with Crippen LogP contribution >= 0.6 is 11.6 Å². The van der Waals surface area contributed by atoms with E-state index in [0.29, 0.717) is 0 Å². The van der Waals surface area contributed by atoms with Crippen LogP contribution in [0.25, 0.3) is 0 Å². The zero-order valence-electron chi connectivity index (χ0n) is 14.3. The number of nitrogens with zero attached hydrogens (tertiary/aromatic N) is 2. The van der Waals surface area contributed by atoms with Crippen LogP contribution in [0.15, 0.2) is 30.5 Å². The molecule has 2 atom stereocenters. The normalized spacial score (nSPS) is 18.5. The van der Waals surface area contributed by atoms with Crippen molar-refractivity contribution in [2.24, 2.45) is 0 Å². The number of ether oxygens (including phenoxy) is 1. The largest absolute Gasteiger partial charge is 0.379 e. The van der Waals surface area contributed by atoms with Gasteiger partial charge in [0.15, 0.2) is 0 Å². The molecule has 0 amide bonds. The number of aromatic amines is 1. The zero-order valence-corrected chi connectivity index (χ0v) is 15.0. The first-order valence-corrected chi connectivity index (χ1v) is 8.84. The van der Waals surface area contributed by atoms with Gasteiger partial charge in [0, 0.05) is 48.0 Å². The van der Waals surface area contributed by atoms with E-state index in [-0.39, 0.29) is 12.1 Å². The molecule has 3 rings (SSSR count). The Kier molecular flexibility index (Phi) is 5.89. The molecule has 0 bridgehead atoms. The molecule has 2 heterocycles. The summed E-state index contributed by atoms with van der Waals surface area (Å²) in [4.78, 5) is 2.45. The van der Waals surface area contributed by atoms with E-state index in [1.807, 2.05) is 25.3 Å². The van der Waals surface area contributed by atoms with Crippen LogP contribution in [0.1, 0.15) is 35.8 Å². The van der Waals surface area contributed by atoms with Gasteiger partial charge in [-0.05, 0) is 25.5 Å². The van der Waals surface area contributed by atoms with Crippen LogP contribution in [0, 0.1) is 6.92 Å². The smallest absolute Gasteiger partial charge is 0.0594 e. The van der Waals surface area contributed by atoms with Crippen LogP contribution in [-0.2, 0) is 4.74 Å². The standard InChI is InChI=1S/C18H25ClN4O/c1-13(16-11-21-22-14(16)2)20-12-18(23-7-9-24-10-8-23)15-5-3-4-6-17(15)19/h3-6,11,13,18,20H,7-10,12H2,1-2H3,(H,21,22)/t13-,18-/m0/s1. The van der Waals surface area contributed by atoms with E-state index >= 15 is 0 Å². The molecule has 6 heteroatoms. The third-order valence-electron chi connectivity index (χ3n) is 4.70. The average molecular weight is 349 g/mol. The molecule has 130 valence electrons. The summed E-state index contributed by atoms with van der Waals surface area (Å²) in [5.74, 6) is 0. The number of aryl methyl sites for hydroxylation is 1. The van der Waals surface area contributed by atoms with Gasteiger partial charge in [-0.15, -0.1) is 0 Å². The maximum absolute atomic E-state index is 6.48. The fourth-order valence-electron chi connectivity index (χ4n) is 3.27. The van der Waals surface area contributed by atoms with Crippen molar-refractivity contribution in [1.82, 2.24) is 20.4 Å². The summed E-state index contributed by atoms with van der Waals surface area (Å²) in [5, 5.41) is 11.6. The number of hydrogen-bond acceptors (Lipinski definition) is 4. The number of morpholine rings is 1. The number of nitrogens with one attached hydrogen (secondary N) is 2. The van der Waals surface area contributed by atoms with E-state index in [9.17, 15) is 0 Å². The minimum atomic E-state index is 0.231. The third kappa shape index (κ3) is 3.98. The highest BCUT2D eigenvalue weighted by Crippen LogP contribution is 2.28. The molecule has 1 saturated heterocycles. The summed E-state index contributed by atoms with van der Waals surface area (Å²) >= 11 is 6.48. The molecule has 24 heavy (non-hydrogen) atoms. The number of aromatic nitrogens is 2. The average Bonchev–Trinajstić information content (AvgIpc) is 3.03. The Hall–Kier alpha value is -1.40. The number of H-pyrrole nitrogens is 1. The Morgan fingerprint density at radius 2 is 2.04 bits per heavy atom. The van der Waals surface area contributed by atoms with Gasteiger partial charge < -0.3 is 10.1 Å². The second-order valence-electron chi connectivity index (χ2n) is 6.27. The molecule has 0 saturated carbocycles. The predicted molar refractivity (Wildman–Crippen MR) is 96.3 cm³/mol. The first-order chi connectivity index (χ1) is 11.7. The summed E-state index contributed by atoms with van der Waals surface area (Å²) in [6, 6.07) is 8.59. The van der Waals surface area contributed by atoms with Crippen LogP contribution in [-0.4, -0.2) is 47.9 Å². The maximum Gasteiger partial charge on any atom is 0.0594 e. The van der Waals surface area contributed by atoms with E-state index in [0.717, 1.165) is 43.6 Å². The Bertz CT molecular complexity index is 654. The van der Waals surface area contributed by atoms with Gasteiger partial charge in [0.05, 0.1) is 19.4 Å². The zero-order chi connectivity index (χ0) is 16.9. The van der Waals surface area contributed by atoms with Crippen molar-refractivity contribution in [3.8, 4) is 0 Å². The van der Waals surface area contributed by atoms with Crippen molar-refractivity contribution < 1.29 is 4.74 Å². The van der Waals surface area contributed by atoms with Crippen molar-refractivity contribution in [3.63, 3.8) is 0 Å². The first-order valence-electron chi connectivity index (χ1n) is 8.46. The van der Waals surface area contributed by atoms with Crippen molar-refractivity contribution in [3.05, 3.63) is 52.3 Å². The Labute approximate surface area is 148 Å². The number of hydrogen-bond donors (Lipinski definition) is 2. The Morgan fingerprint density at radius 3 is 2.71 bits per heavy atom. The summed E-state index contributed by atoms with van der Waals surface area (Å²) in [7, 11) is 0. The van der Waals surface area contributed by atoms with Crippen LogP contribution in [0.2, 0.25) is 5.02 Å². The van der Waals surface area contributed by atoms with Gasteiger partial charge in [0.2, 0.25) is 0 Å². The molecular formula is C18H25ClN4O. The maximum atomic E-state index is 6.48. The van der Waals surface area contributed by atoms with Gasteiger partial charge in [-0.25, -0.2) is 0 Å². The number of halogens is 1. The fourth-order valence-corrected chi connectivity index (χ4v) is 3.53. The highest BCUT2D eigenvalue weighted by atomic mass is 35.5. The van der Waals surface area contributed by atoms with Gasteiger partial charge in [0.25, 0.3) is 0 Å². The third-order valence-corrected chi connectivity index (χ3v) is 5.05. The van der Waals surface area contributed by atoms with Gasteiger partial charge in [-0.3, -0.25) is 10.00 Å². The quantitative estimate of drug-likeness (QED) is 0.842. The second kappa shape index (κ2) is 8.12. The lowest BCUT2D eigenvalue weighted by Gasteiger charge is -2.36. The molecule has 2 aromatic rings. The molecule has 0 unspecified atom stereocenters. The number of benzene rings is 1. The molecule has 0 radical (unpaired) electrons. The summed E-state index contributed by atoms with van der Waals surface area (Å²) in [6.07, 6.45) is 1.90. The van der Waals surface area contributed by atoms with Gasteiger partial charge in [0.1, 0.15) is 0 Å². The van der Waals surface area contributed by atoms with E-state index in [2.05, 4.69) is 39.5 Å². The number of rotatable bonds is 6. The summed E-state index contributed by atoms with van der Waals surface area (Å²) < 4.78 is 5.51. The molecule has 0 aliphatic carbocycles. The van der Waals surface area contributed by atoms with Crippen molar-refractivity contribution in [2.75, 3.05) is 32.8 Å². The van der Waals surface area contributed by atoms with E-state index in [1.54, 1.807) is 0 Å². The van der Waals surface area contributed by atoms with Crippen LogP contribution in [0.3, 0.4) is 0 Å². The van der Waals surface area contributed by atoms with Crippen LogP contribution in [0.5, 0.6) is 0 Å². The molecular weight excluding hydrogens is 324 g/mol. The lowest BCUT2D eigenvalue weighted by atomic mass is 10.0. The van der Waals surface area contributed by atoms with Crippen LogP contribution in [0.4, 0.5) is 0 Å². The molecule has 1 aliphatic rings. The van der Waals surface area contributed by atoms with Gasteiger partial charge in [-0.1, -0.05) is 29.8 Å². The lowest BCUT2D eigenvalue weighted by molar-refractivity contribution is 0.0157.